The maximum absolute atomic E-state index is 12.2. The van der Waals surface area contributed by atoms with Crippen molar-refractivity contribution < 1.29 is 9.53 Å². The molecule has 3 aliphatic heterocycles. The molecule has 0 spiro atoms. The lowest BCUT2D eigenvalue weighted by Crippen LogP contribution is -2.43. The van der Waals surface area contributed by atoms with Crippen molar-refractivity contribution >= 4 is 17.4 Å². The van der Waals surface area contributed by atoms with E-state index >= 15 is 0 Å². The number of amides is 1. The van der Waals surface area contributed by atoms with E-state index in [1.807, 2.05) is 43.5 Å². The number of aromatic nitrogens is 4. The summed E-state index contributed by atoms with van der Waals surface area (Å²) < 4.78 is 8.11. The number of hydrogen-bond donors (Lipinski definition) is 1. The predicted octanol–water partition coefficient (Wildman–Crippen LogP) is 3.63. The van der Waals surface area contributed by atoms with Crippen LogP contribution in [0.4, 0.5) is 11.5 Å². The van der Waals surface area contributed by atoms with E-state index in [9.17, 15) is 4.79 Å². The molecular weight excluding hydrogens is 478 g/mol. The number of piperidine rings is 1. The molecule has 9 nitrogen and oxygen atoms in total. The van der Waals surface area contributed by atoms with Crippen molar-refractivity contribution in [3.05, 3.63) is 47.7 Å². The third-order valence-electron chi connectivity index (χ3n) is 7.99. The number of aryl methyl sites for hydroxylation is 2. The average Bonchev–Trinajstić information content (AvgIpc) is 3.54. The Morgan fingerprint density at radius 2 is 2.05 bits per heavy atom. The van der Waals surface area contributed by atoms with Crippen LogP contribution in [0.2, 0.25) is 0 Å². The van der Waals surface area contributed by atoms with Crippen LogP contribution < -0.4 is 10.1 Å². The largest absolute Gasteiger partial charge is 0.485 e. The van der Waals surface area contributed by atoms with Crippen LogP contribution in [0, 0.1) is 18.8 Å². The summed E-state index contributed by atoms with van der Waals surface area (Å²) >= 11 is 0. The van der Waals surface area contributed by atoms with Crippen LogP contribution in [0.1, 0.15) is 49.1 Å². The Morgan fingerprint density at radius 1 is 1.21 bits per heavy atom. The first-order valence-electron chi connectivity index (χ1n) is 13.3. The lowest BCUT2D eigenvalue weighted by Gasteiger charge is -2.36. The number of rotatable bonds is 3. The monoisotopic (exact) mass is 511 g/mol. The second-order valence-electron chi connectivity index (χ2n) is 10.4. The summed E-state index contributed by atoms with van der Waals surface area (Å²) in [4.78, 5) is 26.2. The topological polar surface area (TPSA) is 88.4 Å². The van der Waals surface area contributed by atoms with Gasteiger partial charge in [0, 0.05) is 61.3 Å². The van der Waals surface area contributed by atoms with Crippen molar-refractivity contribution in [1.82, 2.24) is 29.5 Å². The highest BCUT2D eigenvalue weighted by Crippen LogP contribution is 2.40. The van der Waals surface area contributed by atoms with E-state index in [1.165, 1.54) is 0 Å². The van der Waals surface area contributed by atoms with E-state index in [4.69, 9.17) is 9.72 Å². The summed E-state index contributed by atoms with van der Waals surface area (Å²) in [6.07, 6.45) is 8.82. The summed E-state index contributed by atoms with van der Waals surface area (Å²) in [5, 5.41) is 7.89. The van der Waals surface area contributed by atoms with Gasteiger partial charge in [0.05, 0.1) is 17.6 Å². The van der Waals surface area contributed by atoms with Crippen molar-refractivity contribution in [3.8, 4) is 28.7 Å². The first-order valence-corrected chi connectivity index (χ1v) is 13.3. The molecule has 0 bridgehead atoms. The Labute approximate surface area is 223 Å². The molecule has 0 unspecified atom stereocenters. The number of pyridine rings is 2. The van der Waals surface area contributed by atoms with Gasteiger partial charge in [0.1, 0.15) is 12.4 Å². The number of hydrogen-bond acceptors (Lipinski definition) is 7. The molecule has 3 aromatic rings. The van der Waals surface area contributed by atoms with Crippen molar-refractivity contribution in [2.24, 2.45) is 7.05 Å². The van der Waals surface area contributed by atoms with Gasteiger partial charge in [-0.2, -0.15) is 5.10 Å². The predicted molar refractivity (Wildman–Crippen MR) is 145 cm³/mol. The molecule has 0 aliphatic carbocycles. The minimum Gasteiger partial charge on any atom is -0.485 e. The van der Waals surface area contributed by atoms with Crippen molar-refractivity contribution in [3.63, 3.8) is 0 Å². The van der Waals surface area contributed by atoms with E-state index in [1.54, 1.807) is 11.6 Å². The molecule has 9 heteroatoms. The lowest BCUT2D eigenvalue weighted by atomic mass is 9.91. The van der Waals surface area contributed by atoms with Gasteiger partial charge in [0.25, 0.3) is 5.91 Å². The fourth-order valence-corrected chi connectivity index (χ4v) is 5.99. The molecule has 1 N–H and O–H groups in total. The van der Waals surface area contributed by atoms with Crippen LogP contribution >= 0.6 is 0 Å². The van der Waals surface area contributed by atoms with Gasteiger partial charge in [-0.1, -0.05) is 5.92 Å². The van der Waals surface area contributed by atoms with Gasteiger partial charge in [0.2, 0.25) is 0 Å². The van der Waals surface area contributed by atoms with Crippen molar-refractivity contribution in [2.45, 2.75) is 51.7 Å². The van der Waals surface area contributed by atoms with Crippen molar-refractivity contribution in [2.75, 3.05) is 31.5 Å². The van der Waals surface area contributed by atoms with E-state index in [0.717, 1.165) is 90.8 Å². The van der Waals surface area contributed by atoms with Gasteiger partial charge >= 0.3 is 0 Å². The zero-order valence-corrected chi connectivity index (χ0v) is 22.2. The van der Waals surface area contributed by atoms with Gasteiger partial charge in [-0.05, 0) is 69.8 Å². The van der Waals surface area contributed by atoms with E-state index in [2.05, 4.69) is 38.2 Å². The van der Waals surface area contributed by atoms with Crippen molar-refractivity contribution in [1.29, 1.82) is 0 Å². The van der Waals surface area contributed by atoms with E-state index < -0.39 is 0 Å². The van der Waals surface area contributed by atoms with E-state index in [0.29, 0.717) is 18.6 Å². The van der Waals surface area contributed by atoms with Crippen LogP contribution in [-0.4, -0.2) is 67.7 Å². The molecule has 0 radical (unpaired) electrons. The smallest absolute Gasteiger partial charge is 0.298 e. The highest BCUT2D eigenvalue weighted by molar-refractivity contribution is 5.93. The highest BCUT2D eigenvalue weighted by Gasteiger charge is 2.33. The molecule has 6 rings (SSSR count). The number of likely N-dealkylation sites (tertiary alicyclic amines) is 2. The molecule has 3 aromatic heterocycles. The fraction of sp³-hybridized carbons (Fsp3) is 0.448. The molecule has 2 saturated heterocycles. The Hall–Kier alpha value is -3.90. The minimum atomic E-state index is -0.0483. The fourth-order valence-electron chi connectivity index (χ4n) is 5.99. The second-order valence-corrected chi connectivity index (χ2v) is 10.4. The maximum atomic E-state index is 12.2. The molecule has 38 heavy (non-hydrogen) atoms. The molecule has 3 aliphatic rings. The molecule has 1 amide bonds. The molecule has 1 atom stereocenters. The first-order chi connectivity index (χ1) is 18.5. The lowest BCUT2D eigenvalue weighted by molar-refractivity contribution is -0.124. The third kappa shape index (κ3) is 4.61. The van der Waals surface area contributed by atoms with Crippen LogP contribution in [0.15, 0.2) is 30.7 Å². The standard InChI is InChI=1S/C29H33N7O2/c1-4-5-27(37)36-13-9-22(17-36)35-11-7-20(8-12-35)25-14-26-28(19(2)32-25)38-18-24-23(6-10-30-29(24)33-26)21-15-31-34(3)16-21/h6,10,14-16,20,22H,7-9,11-13,17-18H2,1-3H3,(H,30,33)/t22-/m0/s1. The highest BCUT2D eigenvalue weighted by atomic mass is 16.5. The van der Waals surface area contributed by atoms with Gasteiger partial charge in [0.15, 0.2) is 5.75 Å². The van der Waals surface area contributed by atoms with Gasteiger partial charge in [-0.15, -0.1) is 0 Å². The summed E-state index contributed by atoms with van der Waals surface area (Å²) in [5.74, 6) is 7.34. The number of carbonyl (C=O) groups is 1. The summed E-state index contributed by atoms with van der Waals surface area (Å²) in [5.41, 5.74) is 6.04. The quantitative estimate of drug-likeness (QED) is 0.538. The molecule has 0 saturated carbocycles. The van der Waals surface area contributed by atoms with Crippen LogP contribution in [-0.2, 0) is 18.4 Å². The minimum absolute atomic E-state index is 0.0483. The average molecular weight is 512 g/mol. The van der Waals surface area contributed by atoms with Gasteiger partial charge < -0.3 is 15.0 Å². The summed E-state index contributed by atoms with van der Waals surface area (Å²) in [6.45, 7) is 7.75. The van der Waals surface area contributed by atoms with E-state index in [-0.39, 0.29) is 5.91 Å². The number of ether oxygens (including phenoxy) is 1. The summed E-state index contributed by atoms with van der Waals surface area (Å²) in [6, 6.07) is 4.58. The van der Waals surface area contributed by atoms with Gasteiger partial charge in [-0.3, -0.25) is 19.4 Å². The second kappa shape index (κ2) is 10.1. The number of nitrogens with one attached hydrogen (secondary N) is 1. The normalized spacial score (nSPS) is 19.4. The number of fused-ring (bicyclic) bond motifs is 2. The molecular formula is C29H33N7O2. The van der Waals surface area contributed by atoms with Crippen LogP contribution in [0.5, 0.6) is 5.75 Å². The zero-order chi connectivity index (χ0) is 26.2. The number of carbonyl (C=O) groups excluding carboxylic acids is 1. The Bertz CT molecular complexity index is 1430. The number of anilines is 2. The van der Waals surface area contributed by atoms with Gasteiger partial charge in [-0.25, -0.2) is 4.98 Å². The first kappa shape index (κ1) is 24.4. The third-order valence-corrected chi connectivity index (χ3v) is 7.99. The summed E-state index contributed by atoms with van der Waals surface area (Å²) in [7, 11) is 1.92. The zero-order valence-electron chi connectivity index (χ0n) is 22.2. The number of nitrogens with zero attached hydrogens (tertiary/aromatic N) is 6. The SMILES string of the molecule is CC#CC(=O)N1CC[C@H](N2CCC(c3cc4c(c(C)n3)OCc3c(-c5cnn(C)c5)ccnc3N4)CC2)C1. The van der Waals surface area contributed by atoms with Crippen LogP contribution in [0.3, 0.4) is 0 Å². The Balaban J connectivity index is 1.17. The Kier molecular flexibility index (Phi) is 6.50. The maximum Gasteiger partial charge on any atom is 0.298 e. The van der Waals surface area contributed by atoms with Crippen LogP contribution in [0.25, 0.3) is 11.1 Å². The molecule has 0 aromatic carbocycles. The molecule has 196 valence electrons. The Morgan fingerprint density at radius 3 is 2.82 bits per heavy atom. The molecule has 6 heterocycles. The molecule has 2 fully saturated rings.